The second-order valence-electron chi connectivity index (χ2n) is 6.70. The lowest BCUT2D eigenvalue weighted by Crippen LogP contribution is -2.44. The molecule has 2 aromatic rings. The molecule has 136 valence electrons. The van der Waals surface area contributed by atoms with E-state index in [1.807, 2.05) is 6.07 Å². The third-order valence-electron chi connectivity index (χ3n) is 4.71. The van der Waals surface area contributed by atoms with Gasteiger partial charge in [0.25, 0.3) is 5.69 Å². The third kappa shape index (κ3) is 5.13. The Hall–Kier alpha value is -2.73. The first-order chi connectivity index (χ1) is 12.6. The molecule has 0 radical (unpaired) electrons. The molecule has 1 N–H and O–H groups in total. The highest BCUT2D eigenvalue weighted by atomic mass is 16.6. The zero-order chi connectivity index (χ0) is 18.4. The van der Waals surface area contributed by atoms with Gasteiger partial charge in [-0.1, -0.05) is 42.5 Å². The maximum absolute atomic E-state index is 12.2. The lowest BCUT2D eigenvalue weighted by molar-refractivity contribution is -0.384. The minimum atomic E-state index is -0.437. The van der Waals surface area contributed by atoms with Crippen molar-refractivity contribution >= 4 is 11.6 Å². The van der Waals surface area contributed by atoms with Crippen molar-refractivity contribution in [2.45, 2.75) is 31.8 Å². The number of rotatable bonds is 6. The van der Waals surface area contributed by atoms with E-state index < -0.39 is 4.92 Å². The fourth-order valence-electron chi connectivity index (χ4n) is 3.28. The topological polar surface area (TPSA) is 75.5 Å². The van der Waals surface area contributed by atoms with Crippen molar-refractivity contribution in [2.24, 2.45) is 0 Å². The second-order valence-corrected chi connectivity index (χ2v) is 6.70. The minimum Gasteiger partial charge on any atom is -0.353 e. The summed E-state index contributed by atoms with van der Waals surface area (Å²) in [6, 6.07) is 16.8. The quantitative estimate of drug-likeness (QED) is 0.640. The Labute approximate surface area is 153 Å². The Kier molecular flexibility index (Phi) is 5.96. The van der Waals surface area contributed by atoms with Crippen LogP contribution in [0.15, 0.2) is 54.6 Å². The second kappa shape index (κ2) is 8.58. The summed E-state index contributed by atoms with van der Waals surface area (Å²) in [4.78, 5) is 24.8. The SMILES string of the molecule is O=C(Cc1ccc([N+](=O)[O-])cc1)NC1CCN(Cc2ccccc2)CC1. The number of likely N-dealkylation sites (tertiary alicyclic amines) is 1. The van der Waals surface area contributed by atoms with Crippen molar-refractivity contribution in [1.29, 1.82) is 0 Å². The predicted octanol–water partition coefficient (Wildman–Crippen LogP) is 2.92. The molecule has 1 amide bonds. The molecule has 0 saturated carbocycles. The molecule has 0 aliphatic carbocycles. The van der Waals surface area contributed by atoms with Crippen molar-refractivity contribution in [3.8, 4) is 0 Å². The number of carbonyl (C=O) groups is 1. The van der Waals surface area contributed by atoms with E-state index in [0.717, 1.165) is 38.0 Å². The molecule has 1 aliphatic rings. The first kappa shape index (κ1) is 18.1. The molecule has 0 spiro atoms. The highest BCUT2D eigenvalue weighted by Gasteiger charge is 2.20. The molecule has 0 unspecified atom stereocenters. The number of hydrogen-bond acceptors (Lipinski definition) is 4. The highest BCUT2D eigenvalue weighted by Crippen LogP contribution is 2.15. The zero-order valence-corrected chi connectivity index (χ0v) is 14.6. The van der Waals surface area contributed by atoms with Crippen LogP contribution in [0.1, 0.15) is 24.0 Å². The maximum Gasteiger partial charge on any atom is 0.269 e. The number of nitro groups is 1. The molecule has 2 aromatic carbocycles. The van der Waals surface area contributed by atoms with Crippen LogP contribution >= 0.6 is 0 Å². The summed E-state index contributed by atoms with van der Waals surface area (Å²) in [7, 11) is 0. The average molecular weight is 353 g/mol. The van der Waals surface area contributed by atoms with E-state index in [0.29, 0.717) is 0 Å². The summed E-state index contributed by atoms with van der Waals surface area (Å²) < 4.78 is 0. The van der Waals surface area contributed by atoms with E-state index in [9.17, 15) is 14.9 Å². The van der Waals surface area contributed by atoms with Crippen LogP contribution in [-0.4, -0.2) is 34.9 Å². The van der Waals surface area contributed by atoms with Gasteiger partial charge in [-0.2, -0.15) is 0 Å². The molecule has 1 heterocycles. The average Bonchev–Trinajstić information content (AvgIpc) is 2.64. The van der Waals surface area contributed by atoms with Gasteiger partial charge < -0.3 is 5.32 Å². The van der Waals surface area contributed by atoms with Crippen LogP contribution in [0.2, 0.25) is 0 Å². The van der Waals surface area contributed by atoms with Gasteiger partial charge in [-0.3, -0.25) is 19.8 Å². The van der Waals surface area contributed by atoms with Crippen molar-refractivity contribution in [2.75, 3.05) is 13.1 Å². The Morgan fingerprint density at radius 1 is 1.04 bits per heavy atom. The van der Waals surface area contributed by atoms with Crippen LogP contribution in [0.5, 0.6) is 0 Å². The predicted molar refractivity (Wildman–Crippen MR) is 99.7 cm³/mol. The molecule has 0 aromatic heterocycles. The van der Waals surface area contributed by atoms with Crippen LogP contribution in [0.4, 0.5) is 5.69 Å². The van der Waals surface area contributed by atoms with Gasteiger partial charge in [0.15, 0.2) is 0 Å². The smallest absolute Gasteiger partial charge is 0.269 e. The minimum absolute atomic E-state index is 0.0274. The number of nitrogens with zero attached hydrogens (tertiary/aromatic N) is 2. The van der Waals surface area contributed by atoms with Gasteiger partial charge >= 0.3 is 0 Å². The summed E-state index contributed by atoms with van der Waals surface area (Å²) in [5, 5.41) is 13.8. The normalized spacial score (nSPS) is 15.5. The Bertz CT molecular complexity index is 739. The molecular formula is C20H23N3O3. The van der Waals surface area contributed by atoms with Gasteiger partial charge in [0.05, 0.1) is 11.3 Å². The maximum atomic E-state index is 12.2. The number of non-ortho nitro benzene ring substituents is 1. The molecule has 0 bridgehead atoms. The largest absolute Gasteiger partial charge is 0.353 e. The molecular weight excluding hydrogens is 330 g/mol. The number of amides is 1. The summed E-state index contributed by atoms with van der Waals surface area (Å²) in [5.74, 6) is -0.0274. The number of benzene rings is 2. The number of carbonyl (C=O) groups excluding carboxylic acids is 1. The molecule has 6 heteroatoms. The van der Waals surface area contributed by atoms with E-state index in [2.05, 4.69) is 34.5 Å². The number of piperidine rings is 1. The third-order valence-corrected chi connectivity index (χ3v) is 4.71. The Balaban J connectivity index is 1.42. The Morgan fingerprint density at radius 2 is 1.69 bits per heavy atom. The lowest BCUT2D eigenvalue weighted by atomic mass is 10.0. The van der Waals surface area contributed by atoms with E-state index in [1.54, 1.807) is 12.1 Å². The van der Waals surface area contributed by atoms with Crippen molar-refractivity contribution < 1.29 is 9.72 Å². The van der Waals surface area contributed by atoms with Gasteiger partial charge in [0, 0.05) is 37.8 Å². The van der Waals surface area contributed by atoms with Gasteiger partial charge in [-0.15, -0.1) is 0 Å². The fraction of sp³-hybridized carbons (Fsp3) is 0.350. The first-order valence-electron chi connectivity index (χ1n) is 8.89. The molecule has 0 atom stereocenters. The summed E-state index contributed by atoms with van der Waals surface area (Å²) in [6.07, 6.45) is 2.14. The molecule has 3 rings (SSSR count). The summed E-state index contributed by atoms with van der Waals surface area (Å²) >= 11 is 0. The summed E-state index contributed by atoms with van der Waals surface area (Å²) in [5.41, 5.74) is 2.14. The van der Waals surface area contributed by atoms with E-state index in [4.69, 9.17) is 0 Å². The van der Waals surface area contributed by atoms with Crippen LogP contribution in [-0.2, 0) is 17.8 Å². The lowest BCUT2D eigenvalue weighted by Gasteiger charge is -2.32. The van der Waals surface area contributed by atoms with Gasteiger partial charge in [0.2, 0.25) is 5.91 Å². The monoisotopic (exact) mass is 353 g/mol. The molecule has 6 nitrogen and oxygen atoms in total. The number of nitro benzene ring substituents is 1. The Morgan fingerprint density at radius 3 is 2.31 bits per heavy atom. The van der Waals surface area contributed by atoms with Crippen LogP contribution in [0.25, 0.3) is 0 Å². The fourth-order valence-corrected chi connectivity index (χ4v) is 3.28. The van der Waals surface area contributed by atoms with Gasteiger partial charge in [0.1, 0.15) is 0 Å². The van der Waals surface area contributed by atoms with Gasteiger partial charge in [-0.05, 0) is 24.0 Å². The molecule has 1 saturated heterocycles. The van der Waals surface area contributed by atoms with E-state index in [1.165, 1.54) is 17.7 Å². The van der Waals surface area contributed by atoms with Gasteiger partial charge in [-0.25, -0.2) is 0 Å². The number of nitrogens with one attached hydrogen (secondary N) is 1. The molecule has 1 fully saturated rings. The van der Waals surface area contributed by atoms with Crippen LogP contribution < -0.4 is 5.32 Å². The molecule has 1 aliphatic heterocycles. The first-order valence-corrected chi connectivity index (χ1v) is 8.89. The standard InChI is InChI=1S/C20H23N3O3/c24-20(14-16-6-8-19(9-7-16)23(25)26)21-18-10-12-22(13-11-18)15-17-4-2-1-3-5-17/h1-9,18H,10-15H2,(H,21,24). The number of hydrogen-bond donors (Lipinski definition) is 1. The summed E-state index contributed by atoms with van der Waals surface area (Å²) in [6.45, 7) is 2.89. The van der Waals surface area contributed by atoms with E-state index in [-0.39, 0.29) is 24.1 Å². The molecule has 26 heavy (non-hydrogen) atoms. The van der Waals surface area contributed by atoms with Crippen LogP contribution in [0.3, 0.4) is 0 Å². The van der Waals surface area contributed by atoms with Crippen molar-refractivity contribution in [3.63, 3.8) is 0 Å². The van der Waals surface area contributed by atoms with Crippen molar-refractivity contribution in [3.05, 3.63) is 75.8 Å². The zero-order valence-electron chi connectivity index (χ0n) is 14.6. The van der Waals surface area contributed by atoms with Crippen LogP contribution in [0, 0.1) is 10.1 Å². The highest BCUT2D eigenvalue weighted by molar-refractivity contribution is 5.78. The van der Waals surface area contributed by atoms with Crippen molar-refractivity contribution in [1.82, 2.24) is 10.2 Å². The van der Waals surface area contributed by atoms with E-state index >= 15 is 0 Å².